The molecule has 3 aromatic rings. The Hall–Kier alpha value is -3.90. The van der Waals surface area contributed by atoms with E-state index in [2.05, 4.69) is 22.0 Å². The van der Waals surface area contributed by atoms with Crippen molar-refractivity contribution in [3.8, 4) is 23.2 Å². The van der Waals surface area contributed by atoms with Crippen molar-refractivity contribution in [1.29, 1.82) is 0 Å². The molecule has 1 amide bonds. The van der Waals surface area contributed by atoms with Crippen LogP contribution in [0, 0.1) is 29.6 Å². The van der Waals surface area contributed by atoms with Gasteiger partial charge in [-0.3, -0.25) is 9.59 Å². The third-order valence-corrected chi connectivity index (χ3v) is 6.66. The lowest BCUT2D eigenvalue weighted by molar-refractivity contribution is -0.140. The number of amides is 1. The summed E-state index contributed by atoms with van der Waals surface area (Å²) in [6, 6.07) is 9.67. The molecule has 0 bridgehead atoms. The number of aliphatic hydroxyl groups is 1. The fourth-order valence-electron chi connectivity index (χ4n) is 4.72. The number of carbonyl (C=O) groups excluding carboxylic acids is 1. The lowest BCUT2D eigenvalue weighted by Gasteiger charge is -2.18. The number of hydrogen-bond donors (Lipinski definition) is 2. The normalized spacial score (nSPS) is 21.2. The predicted octanol–water partition coefficient (Wildman–Crippen LogP) is 2.56. The van der Waals surface area contributed by atoms with E-state index in [1.807, 2.05) is 34.9 Å². The van der Waals surface area contributed by atoms with Crippen molar-refractivity contribution in [2.75, 3.05) is 13.1 Å². The summed E-state index contributed by atoms with van der Waals surface area (Å²) >= 11 is 0. The molecule has 9 heteroatoms. The van der Waals surface area contributed by atoms with Gasteiger partial charge < -0.3 is 24.2 Å². The highest BCUT2D eigenvalue weighted by Crippen LogP contribution is 2.51. The number of fused-ring (bicyclic) bond motifs is 1. The molecule has 2 aliphatic rings. The molecule has 3 heterocycles. The summed E-state index contributed by atoms with van der Waals surface area (Å²) in [5.74, 6) is 7.88. The highest BCUT2D eigenvalue weighted by molar-refractivity contribution is 5.81. The van der Waals surface area contributed by atoms with Gasteiger partial charge in [0, 0.05) is 55.0 Å². The molecule has 2 aromatic heterocycles. The molecule has 0 radical (unpaired) electrons. The van der Waals surface area contributed by atoms with E-state index >= 15 is 0 Å². The Morgan fingerprint density at radius 2 is 1.94 bits per heavy atom. The minimum atomic E-state index is -0.943. The number of benzene rings is 1. The number of piperidine rings is 1. The summed E-state index contributed by atoms with van der Waals surface area (Å²) in [7, 11) is 0. The molecule has 2 fully saturated rings. The first kappa shape index (κ1) is 22.9. The zero-order valence-electron chi connectivity index (χ0n) is 19.3. The Kier molecular flexibility index (Phi) is 6.14. The summed E-state index contributed by atoms with van der Waals surface area (Å²) in [5, 5.41) is 22.7. The monoisotopic (exact) mass is 474 g/mol. The van der Waals surface area contributed by atoms with Crippen LogP contribution in [0.4, 0.5) is 0 Å². The Bertz CT molecular complexity index is 1280. The number of nitrogens with zero attached hydrogens (tertiary/aromatic N) is 4. The fraction of sp³-hybridized carbons (Fsp3) is 0.385. The smallest absolute Gasteiger partial charge is 0.303 e. The molecular formula is C26H26N4O5. The Morgan fingerprint density at radius 1 is 1.20 bits per heavy atom. The number of hydrogen-bond acceptors (Lipinski definition) is 6. The van der Waals surface area contributed by atoms with Crippen LogP contribution >= 0.6 is 0 Å². The zero-order chi connectivity index (χ0) is 24.5. The predicted molar refractivity (Wildman–Crippen MR) is 125 cm³/mol. The lowest BCUT2D eigenvalue weighted by atomic mass is 10.1. The minimum absolute atomic E-state index is 0.0661. The number of carboxylic acids is 1. The van der Waals surface area contributed by atoms with E-state index in [9.17, 15) is 14.7 Å². The first-order valence-corrected chi connectivity index (χ1v) is 11.7. The van der Waals surface area contributed by atoms with E-state index < -0.39 is 12.1 Å². The quantitative estimate of drug-likeness (QED) is 0.505. The molecule has 180 valence electrons. The van der Waals surface area contributed by atoms with Crippen molar-refractivity contribution in [2.45, 2.75) is 32.4 Å². The molecule has 35 heavy (non-hydrogen) atoms. The van der Waals surface area contributed by atoms with E-state index in [1.165, 1.54) is 0 Å². The summed E-state index contributed by atoms with van der Waals surface area (Å²) in [6.07, 6.45) is 2.73. The number of aliphatic carboxylic acids is 1. The van der Waals surface area contributed by atoms with Crippen LogP contribution in [0.25, 0.3) is 11.3 Å². The topological polar surface area (TPSA) is 122 Å². The van der Waals surface area contributed by atoms with Crippen LogP contribution in [-0.4, -0.2) is 54.8 Å². The third-order valence-electron chi connectivity index (χ3n) is 6.66. The van der Waals surface area contributed by atoms with Gasteiger partial charge in [-0.05, 0) is 43.0 Å². The van der Waals surface area contributed by atoms with Crippen molar-refractivity contribution in [1.82, 2.24) is 19.6 Å². The molecule has 2 N–H and O–H groups in total. The largest absolute Gasteiger partial charge is 0.481 e. The van der Waals surface area contributed by atoms with Crippen LogP contribution in [0.15, 0.2) is 47.2 Å². The fourth-order valence-corrected chi connectivity index (χ4v) is 4.72. The zero-order valence-corrected chi connectivity index (χ0v) is 19.3. The van der Waals surface area contributed by atoms with Crippen LogP contribution in [0.1, 0.15) is 43.0 Å². The van der Waals surface area contributed by atoms with Crippen LogP contribution in [-0.2, 0) is 16.1 Å². The van der Waals surface area contributed by atoms with E-state index in [0.717, 1.165) is 16.8 Å². The molecule has 2 unspecified atom stereocenters. The van der Waals surface area contributed by atoms with E-state index in [-0.39, 0.29) is 18.7 Å². The van der Waals surface area contributed by atoms with Gasteiger partial charge in [-0.2, -0.15) is 0 Å². The first-order valence-electron chi connectivity index (χ1n) is 11.7. The number of carboxylic acid groups (broad SMARTS) is 1. The van der Waals surface area contributed by atoms with Crippen LogP contribution in [0.5, 0.6) is 0 Å². The molecule has 1 aliphatic carbocycles. The standard InChI is InChI=1S/C26H26N4O5/c1-16(31)26-27-10-11-29(26)13-19-12-23(35-28-19)18-5-2-17(3-6-18)4-7-20-21-14-30(15-22(20)21)24(32)8-9-25(33)34/h2-3,5-6,10-12,16,20-22,31H,8-9,13-15H2,1H3,(H,33,34)/t16-,20?,21?,22?/m0/s1. The number of rotatable bonds is 7. The molecule has 9 nitrogen and oxygen atoms in total. The minimum Gasteiger partial charge on any atom is -0.481 e. The summed E-state index contributed by atoms with van der Waals surface area (Å²) < 4.78 is 7.35. The maximum absolute atomic E-state index is 12.1. The Morgan fingerprint density at radius 3 is 2.63 bits per heavy atom. The second-order valence-electron chi connectivity index (χ2n) is 9.16. The van der Waals surface area contributed by atoms with Crippen LogP contribution in [0.2, 0.25) is 0 Å². The van der Waals surface area contributed by atoms with E-state index in [4.69, 9.17) is 9.63 Å². The van der Waals surface area contributed by atoms with E-state index in [0.29, 0.717) is 49.0 Å². The van der Waals surface area contributed by atoms with E-state index in [1.54, 1.807) is 24.2 Å². The van der Waals surface area contributed by atoms with Gasteiger partial charge in [-0.25, -0.2) is 4.98 Å². The van der Waals surface area contributed by atoms with Gasteiger partial charge in [-0.1, -0.05) is 17.0 Å². The molecule has 5 rings (SSSR count). The van der Waals surface area contributed by atoms with Crippen molar-refractivity contribution in [3.63, 3.8) is 0 Å². The number of imidazole rings is 1. The van der Waals surface area contributed by atoms with Gasteiger partial charge >= 0.3 is 5.97 Å². The van der Waals surface area contributed by atoms with Crippen molar-refractivity contribution >= 4 is 11.9 Å². The summed E-state index contributed by atoms with van der Waals surface area (Å²) in [4.78, 5) is 28.7. The number of aliphatic hydroxyl groups excluding tert-OH is 1. The van der Waals surface area contributed by atoms with Crippen molar-refractivity contribution in [3.05, 3.63) is 59.8 Å². The van der Waals surface area contributed by atoms with Crippen LogP contribution < -0.4 is 0 Å². The average molecular weight is 475 g/mol. The van der Waals surface area contributed by atoms with Gasteiger partial charge in [0.1, 0.15) is 17.6 Å². The van der Waals surface area contributed by atoms with Gasteiger partial charge in [0.15, 0.2) is 5.76 Å². The van der Waals surface area contributed by atoms with Gasteiger partial charge in [0.2, 0.25) is 5.91 Å². The molecular weight excluding hydrogens is 448 g/mol. The highest BCUT2D eigenvalue weighted by atomic mass is 16.5. The number of carbonyl (C=O) groups is 2. The van der Waals surface area contributed by atoms with Crippen molar-refractivity contribution < 1.29 is 24.3 Å². The summed E-state index contributed by atoms with van der Waals surface area (Å²) in [5.41, 5.74) is 2.54. The van der Waals surface area contributed by atoms with Gasteiger partial charge in [-0.15, -0.1) is 0 Å². The second-order valence-corrected chi connectivity index (χ2v) is 9.16. The molecule has 1 saturated carbocycles. The summed E-state index contributed by atoms with van der Waals surface area (Å²) in [6.45, 7) is 3.48. The van der Waals surface area contributed by atoms with Gasteiger partial charge in [0.05, 0.1) is 13.0 Å². The lowest BCUT2D eigenvalue weighted by Crippen LogP contribution is -2.31. The maximum Gasteiger partial charge on any atom is 0.303 e. The Labute approximate surface area is 202 Å². The maximum atomic E-state index is 12.1. The number of likely N-dealkylation sites (tertiary alicyclic amines) is 1. The highest BCUT2D eigenvalue weighted by Gasteiger charge is 2.55. The molecule has 1 aromatic carbocycles. The second kappa shape index (κ2) is 9.39. The van der Waals surface area contributed by atoms with Gasteiger partial charge in [0.25, 0.3) is 0 Å². The molecule has 1 saturated heterocycles. The SMILES string of the molecule is C[C@H](O)c1nccn1Cc1cc(-c2ccc(C#CC3C4CN(C(=O)CCC(=O)O)CC34)cc2)on1. The van der Waals surface area contributed by atoms with Crippen molar-refractivity contribution in [2.24, 2.45) is 17.8 Å². The molecule has 1 aliphatic heterocycles. The molecule has 0 spiro atoms. The third kappa shape index (κ3) is 4.98. The van der Waals surface area contributed by atoms with Crippen LogP contribution in [0.3, 0.4) is 0 Å². The number of aromatic nitrogens is 3. The first-order chi connectivity index (χ1) is 16.9. The molecule has 3 atom stereocenters. The Balaban J connectivity index is 1.15. The average Bonchev–Trinajstić information content (AvgIpc) is 3.33.